The molecule has 0 radical (unpaired) electrons. The lowest BCUT2D eigenvalue weighted by molar-refractivity contribution is -0.146. The highest BCUT2D eigenvalue weighted by Gasteiger charge is 2.16. The van der Waals surface area contributed by atoms with E-state index in [1.807, 2.05) is 0 Å². The molecule has 0 fully saturated rings. The summed E-state index contributed by atoms with van der Waals surface area (Å²) >= 11 is 3.20. The van der Waals surface area contributed by atoms with E-state index in [0.717, 1.165) is 0 Å². The third kappa shape index (κ3) is 3.71. The normalized spacial score (nSPS) is 11.7. The van der Waals surface area contributed by atoms with Crippen LogP contribution in [0.15, 0.2) is 22.7 Å². The molecule has 1 aromatic rings. The van der Waals surface area contributed by atoms with Gasteiger partial charge in [-0.1, -0.05) is 0 Å². The Hall–Kier alpha value is -1.60. The lowest BCUT2D eigenvalue weighted by Crippen LogP contribution is -2.36. The number of rotatable bonds is 5. The van der Waals surface area contributed by atoms with E-state index in [-0.39, 0.29) is 6.54 Å². The van der Waals surface area contributed by atoms with Gasteiger partial charge in [-0.3, -0.25) is 4.79 Å². The van der Waals surface area contributed by atoms with Crippen LogP contribution in [0, 0.1) is 0 Å². The molecule has 0 heterocycles. The van der Waals surface area contributed by atoms with E-state index in [4.69, 9.17) is 14.9 Å². The number of methoxy groups -OCH3 is 1. The van der Waals surface area contributed by atoms with Gasteiger partial charge in [0, 0.05) is 4.47 Å². The van der Waals surface area contributed by atoms with Crippen LogP contribution in [0.4, 0.5) is 0 Å². The number of amides is 1. The highest BCUT2D eigenvalue weighted by Crippen LogP contribution is 2.22. The molecule has 7 heteroatoms. The van der Waals surface area contributed by atoms with Crippen molar-refractivity contribution < 1.29 is 24.5 Å². The molecule has 98 valence electrons. The first-order valence-corrected chi connectivity index (χ1v) is 5.77. The number of aliphatic hydroxyl groups excluding tert-OH is 1. The van der Waals surface area contributed by atoms with Gasteiger partial charge in [0.15, 0.2) is 6.10 Å². The maximum absolute atomic E-state index is 11.8. The van der Waals surface area contributed by atoms with Crippen LogP contribution >= 0.6 is 15.9 Å². The van der Waals surface area contributed by atoms with Gasteiger partial charge in [-0.05, 0) is 34.1 Å². The minimum Gasteiger partial charge on any atom is -0.497 e. The molecule has 0 aromatic heterocycles. The van der Waals surface area contributed by atoms with Gasteiger partial charge in [-0.2, -0.15) is 0 Å². The number of halogens is 1. The van der Waals surface area contributed by atoms with Crippen molar-refractivity contribution in [3.05, 3.63) is 28.2 Å². The smallest absolute Gasteiger partial charge is 0.334 e. The maximum atomic E-state index is 11.8. The van der Waals surface area contributed by atoms with Crippen molar-refractivity contribution in [2.75, 3.05) is 13.7 Å². The van der Waals surface area contributed by atoms with Gasteiger partial charge in [0.25, 0.3) is 5.91 Å². The van der Waals surface area contributed by atoms with Gasteiger partial charge in [0.05, 0.1) is 19.2 Å². The van der Waals surface area contributed by atoms with E-state index in [2.05, 4.69) is 21.2 Å². The summed E-state index contributed by atoms with van der Waals surface area (Å²) in [4.78, 5) is 22.1. The van der Waals surface area contributed by atoms with E-state index >= 15 is 0 Å². The molecular weight excluding hydrogens is 306 g/mol. The zero-order chi connectivity index (χ0) is 13.7. The van der Waals surface area contributed by atoms with Gasteiger partial charge in [0.1, 0.15) is 5.75 Å². The van der Waals surface area contributed by atoms with Crippen LogP contribution in [0.1, 0.15) is 10.4 Å². The van der Waals surface area contributed by atoms with E-state index in [1.165, 1.54) is 13.2 Å². The number of carboxylic acid groups (broad SMARTS) is 1. The fraction of sp³-hybridized carbons (Fsp3) is 0.273. The molecule has 1 aromatic carbocycles. The van der Waals surface area contributed by atoms with Crippen molar-refractivity contribution in [3.63, 3.8) is 0 Å². The average molecular weight is 318 g/mol. The highest BCUT2D eigenvalue weighted by molar-refractivity contribution is 9.10. The number of ether oxygens (including phenoxy) is 1. The molecule has 0 aliphatic carbocycles. The van der Waals surface area contributed by atoms with Crippen molar-refractivity contribution in [1.29, 1.82) is 0 Å². The Morgan fingerprint density at radius 3 is 2.72 bits per heavy atom. The lowest BCUT2D eigenvalue weighted by Gasteiger charge is -2.10. The number of aliphatic hydroxyl groups is 1. The van der Waals surface area contributed by atoms with Crippen LogP contribution in [0.25, 0.3) is 0 Å². The van der Waals surface area contributed by atoms with Gasteiger partial charge >= 0.3 is 5.97 Å². The Morgan fingerprint density at radius 2 is 2.17 bits per heavy atom. The fourth-order valence-corrected chi connectivity index (χ4v) is 1.60. The van der Waals surface area contributed by atoms with Gasteiger partial charge < -0.3 is 20.3 Å². The molecule has 0 spiro atoms. The van der Waals surface area contributed by atoms with Gasteiger partial charge in [-0.15, -0.1) is 0 Å². The van der Waals surface area contributed by atoms with Crippen LogP contribution < -0.4 is 10.1 Å². The van der Waals surface area contributed by atoms with E-state index in [1.54, 1.807) is 12.1 Å². The average Bonchev–Trinajstić information content (AvgIpc) is 2.35. The van der Waals surface area contributed by atoms with Crippen molar-refractivity contribution >= 4 is 27.8 Å². The summed E-state index contributed by atoms with van der Waals surface area (Å²) in [5.74, 6) is -1.39. The maximum Gasteiger partial charge on any atom is 0.334 e. The molecule has 18 heavy (non-hydrogen) atoms. The first-order valence-electron chi connectivity index (χ1n) is 4.98. The van der Waals surface area contributed by atoms with Crippen LogP contribution in [-0.4, -0.2) is 41.8 Å². The standard InChI is InChI=1S/C11H12BrNO5/c1-18-6-2-3-8(12)7(4-6)10(15)13-5-9(14)11(16)17/h2-4,9,14H,5H2,1H3,(H,13,15)(H,16,17). The summed E-state index contributed by atoms with van der Waals surface area (Å²) in [7, 11) is 1.47. The Balaban J connectivity index is 2.75. The largest absolute Gasteiger partial charge is 0.497 e. The molecule has 3 N–H and O–H groups in total. The summed E-state index contributed by atoms with van der Waals surface area (Å²) < 4.78 is 5.53. The predicted molar refractivity (Wildman–Crippen MR) is 66.7 cm³/mol. The molecule has 0 saturated carbocycles. The van der Waals surface area contributed by atoms with E-state index in [0.29, 0.717) is 15.8 Å². The molecule has 1 atom stereocenters. The Labute approximate surface area is 112 Å². The second-order valence-electron chi connectivity index (χ2n) is 3.41. The monoisotopic (exact) mass is 317 g/mol. The summed E-state index contributed by atoms with van der Waals surface area (Å²) in [5.41, 5.74) is 0.298. The topological polar surface area (TPSA) is 95.9 Å². The second-order valence-corrected chi connectivity index (χ2v) is 4.26. The summed E-state index contributed by atoms with van der Waals surface area (Å²) in [6, 6.07) is 4.82. The minimum atomic E-state index is -1.63. The number of hydrogen-bond acceptors (Lipinski definition) is 4. The Kier molecular flexibility index (Phi) is 5.11. The molecule has 0 bridgehead atoms. The third-order valence-electron chi connectivity index (χ3n) is 2.16. The summed E-state index contributed by atoms with van der Waals surface area (Å²) in [6.07, 6.45) is -1.63. The lowest BCUT2D eigenvalue weighted by atomic mass is 10.2. The van der Waals surface area contributed by atoms with Crippen LogP contribution in [0.2, 0.25) is 0 Å². The quantitative estimate of drug-likeness (QED) is 0.740. The number of nitrogens with one attached hydrogen (secondary N) is 1. The first kappa shape index (κ1) is 14.5. The number of carbonyl (C=O) groups is 2. The third-order valence-corrected chi connectivity index (χ3v) is 2.85. The Morgan fingerprint density at radius 1 is 1.50 bits per heavy atom. The zero-order valence-electron chi connectivity index (χ0n) is 9.51. The number of aliphatic carboxylic acids is 1. The van der Waals surface area contributed by atoms with Crippen LogP contribution in [-0.2, 0) is 4.79 Å². The molecule has 0 aliphatic heterocycles. The number of carbonyl (C=O) groups excluding carboxylic acids is 1. The predicted octanol–water partition coefficient (Wildman–Crippen LogP) is 0.633. The van der Waals surface area contributed by atoms with Crippen molar-refractivity contribution in [2.24, 2.45) is 0 Å². The summed E-state index contributed by atoms with van der Waals surface area (Å²) in [5, 5.41) is 19.8. The van der Waals surface area contributed by atoms with Gasteiger partial charge in [-0.25, -0.2) is 4.79 Å². The minimum absolute atomic E-state index is 0.298. The Bertz CT molecular complexity index is 463. The fourth-order valence-electron chi connectivity index (χ4n) is 1.18. The van der Waals surface area contributed by atoms with Crippen molar-refractivity contribution in [2.45, 2.75) is 6.10 Å². The molecule has 0 aliphatic rings. The zero-order valence-corrected chi connectivity index (χ0v) is 11.1. The highest BCUT2D eigenvalue weighted by atomic mass is 79.9. The number of hydrogen-bond donors (Lipinski definition) is 3. The summed E-state index contributed by atoms with van der Waals surface area (Å²) in [6.45, 7) is -0.363. The second kappa shape index (κ2) is 6.36. The van der Waals surface area contributed by atoms with Crippen molar-refractivity contribution in [3.8, 4) is 5.75 Å². The van der Waals surface area contributed by atoms with E-state index in [9.17, 15) is 9.59 Å². The van der Waals surface area contributed by atoms with Crippen LogP contribution in [0.3, 0.4) is 0 Å². The first-order chi connectivity index (χ1) is 8.45. The molecule has 6 nitrogen and oxygen atoms in total. The molecule has 1 unspecified atom stereocenters. The molecule has 1 rings (SSSR count). The molecule has 1 amide bonds. The van der Waals surface area contributed by atoms with Gasteiger partial charge in [0.2, 0.25) is 0 Å². The molecule has 0 saturated heterocycles. The number of benzene rings is 1. The van der Waals surface area contributed by atoms with Crippen LogP contribution in [0.5, 0.6) is 5.75 Å². The van der Waals surface area contributed by atoms with Crippen molar-refractivity contribution in [1.82, 2.24) is 5.32 Å². The number of carboxylic acids is 1. The molecular formula is C11H12BrNO5. The van der Waals surface area contributed by atoms with E-state index < -0.39 is 18.0 Å². The SMILES string of the molecule is COc1ccc(Br)c(C(=O)NCC(O)C(=O)O)c1.